The Kier molecular flexibility index (Phi) is 6.74. The van der Waals surface area contributed by atoms with Crippen molar-refractivity contribution in [3.63, 3.8) is 0 Å². The Balaban J connectivity index is 0.00000144. The van der Waals surface area contributed by atoms with Crippen molar-refractivity contribution >= 4 is 11.6 Å². The molecule has 0 aromatic heterocycles. The zero-order valence-corrected chi connectivity index (χ0v) is 8.68. The molecule has 0 unspecified atom stereocenters. The fourth-order valence-corrected chi connectivity index (χ4v) is 1.87. The molecule has 0 amide bonds. The summed E-state index contributed by atoms with van der Waals surface area (Å²) in [5.74, 6) is 0.764. The van der Waals surface area contributed by atoms with E-state index in [1.165, 1.54) is 0 Å². The lowest BCUT2D eigenvalue weighted by molar-refractivity contribution is -0.0677. The molecule has 0 saturated carbocycles. The van der Waals surface area contributed by atoms with Gasteiger partial charge in [-0.1, -0.05) is 7.43 Å². The van der Waals surface area contributed by atoms with E-state index in [0.29, 0.717) is 12.2 Å². The largest absolute Gasteiger partial charge is 0.373 e. The standard InChI is InChI=1S/C9H18ClNO.CH4/c1-8-6-11(5-3-4-10)7-9(2)12-8;/h8-9H,3-7H2,1-2H3;1H4/t8-,9+;. The van der Waals surface area contributed by atoms with Gasteiger partial charge in [0.15, 0.2) is 0 Å². The first kappa shape index (κ1) is 13.2. The highest BCUT2D eigenvalue weighted by atomic mass is 35.5. The Labute approximate surface area is 87.2 Å². The molecule has 2 atom stereocenters. The lowest BCUT2D eigenvalue weighted by atomic mass is 10.2. The molecule has 1 fully saturated rings. The first-order chi connectivity index (χ1) is 5.72. The Bertz CT molecular complexity index is 122. The minimum absolute atomic E-state index is 0. The minimum Gasteiger partial charge on any atom is -0.373 e. The van der Waals surface area contributed by atoms with E-state index < -0.39 is 0 Å². The summed E-state index contributed by atoms with van der Waals surface area (Å²) >= 11 is 5.64. The first-order valence-corrected chi connectivity index (χ1v) is 5.19. The highest BCUT2D eigenvalue weighted by Gasteiger charge is 2.20. The van der Waals surface area contributed by atoms with E-state index in [-0.39, 0.29) is 7.43 Å². The predicted octanol–water partition coefficient (Wildman–Crippen LogP) is 2.36. The van der Waals surface area contributed by atoms with Crippen LogP contribution in [0, 0.1) is 0 Å². The van der Waals surface area contributed by atoms with E-state index in [1.54, 1.807) is 0 Å². The summed E-state index contributed by atoms with van der Waals surface area (Å²) in [5, 5.41) is 0. The van der Waals surface area contributed by atoms with E-state index in [2.05, 4.69) is 18.7 Å². The summed E-state index contributed by atoms with van der Waals surface area (Å²) in [7, 11) is 0. The number of ether oxygens (including phenoxy) is 1. The van der Waals surface area contributed by atoms with Crippen molar-refractivity contribution in [2.45, 2.75) is 39.9 Å². The summed E-state index contributed by atoms with van der Waals surface area (Å²) in [5.41, 5.74) is 0. The molecule has 0 aliphatic carbocycles. The lowest BCUT2D eigenvalue weighted by Gasteiger charge is -2.35. The van der Waals surface area contributed by atoms with Crippen LogP contribution < -0.4 is 0 Å². The fraction of sp³-hybridized carbons (Fsp3) is 1.00. The Morgan fingerprint density at radius 2 is 1.85 bits per heavy atom. The molecule has 1 aliphatic rings. The van der Waals surface area contributed by atoms with Crippen molar-refractivity contribution < 1.29 is 4.74 Å². The molecule has 0 bridgehead atoms. The van der Waals surface area contributed by atoms with Crippen molar-refractivity contribution in [1.29, 1.82) is 0 Å². The number of halogens is 1. The molecule has 0 N–H and O–H groups in total. The second-order valence-electron chi connectivity index (χ2n) is 3.56. The van der Waals surface area contributed by atoms with Gasteiger partial charge in [0.1, 0.15) is 0 Å². The van der Waals surface area contributed by atoms with Crippen LogP contribution in [0.5, 0.6) is 0 Å². The molecule has 13 heavy (non-hydrogen) atoms. The van der Waals surface area contributed by atoms with Crippen molar-refractivity contribution in [2.75, 3.05) is 25.5 Å². The third-order valence-corrected chi connectivity index (χ3v) is 2.37. The summed E-state index contributed by atoms with van der Waals surface area (Å²) in [4.78, 5) is 2.43. The fourth-order valence-electron chi connectivity index (χ4n) is 1.75. The number of morpholine rings is 1. The average molecular weight is 208 g/mol. The number of rotatable bonds is 3. The van der Waals surface area contributed by atoms with Gasteiger partial charge in [-0.25, -0.2) is 0 Å². The predicted molar refractivity (Wildman–Crippen MR) is 58.5 cm³/mol. The van der Waals surface area contributed by atoms with Gasteiger partial charge in [-0.3, -0.25) is 4.90 Å². The van der Waals surface area contributed by atoms with E-state index in [9.17, 15) is 0 Å². The maximum atomic E-state index is 5.64. The molecule has 0 aromatic carbocycles. The summed E-state index contributed by atoms with van der Waals surface area (Å²) in [6, 6.07) is 0. The molecule has 1 rings (SSSR count). The van der Waals surface area contributed by atoms with Gasteiger partial charge in [-0.15, -0.1) is 11.6 Å². The molecule has 0 aromatic rings. The first-order valence-electron chi connectivity index (χ1n) is 4.66. The molecule has 80 valence electrons. The monoisotopic (exact) mass is 207 g/mol. The van der Waals surface area contributed by atoms with Crippen LogP contribution in [-0.2, 0) is 4.74 Å². The maximum Gasteiger partial charge on any atom is 0.0678 e. The van der Waals surface area contributed by atoms with Gasteiger partial charge in [-0.05, 0) is 26.8 Å². The van der Waals surface area contributed by atoms with Gasteiger partial charge < -0.3 is 4.74 Å². The van der Waals surface area contributed by atoms with Crippen molar-refractivity contribution in [3.05, 3.63) is 0 Å². The Morgan fingerprint density at radius 1 is 1.31 bits per heavy atom. The third-order valence-electron chi connectivity index (χ3n) is 2.10. The zero-order chi connectivity index (χ0) is 8.97. The number of nitrogens with zero attached hydrogens (tertiary/aromatic N) is 1. The highest BCUT2D eigenvalue weighted by Crippen LogP contribution is 2.10. The Hall–Kier alpha value is 0.210. The van der Waals surface area contributed by atoms with Crippen LogP contribution in [0.3, 0.4) is 0 Å². The molecule has 0 spiro atoms. The van der Waals surface area contributed by atoms with Gasteiger partial charge >= 0.3 is 0 Å². The summed E-state index contributed by atoms with van der Waals surface area (Å²) in [6.45, 7) is 7.48. The van der Waals surface area contributed by atoms with E-state index in [1.807, 2.05) is 0 Å². The molecule has 1 aliphatic heterocycles. The van der Waals surface area contributed by atoms with Gasteiger partial charge in [0.05, 0.1) is 12.2 Å². The van der Waals surface area contributed by atoms with Crippen LogP contribution in [0.1, 0.15) is 27.7 Å². The minimum atomic E-state index is 0. The van der Waals surface area contributed by atoms with Gasteiger partial charge in [0, 0.05) is 19.0 Å². The van der Waals surface area contributed by atoms with Crippen LogP contribution in [0.4, 0.5) is 0 Å². The lowest BCUT2D eigenvalue weighted by Crippen LogP contribution is -2.45. The second-order valence-corrected chi connectivity index (χ2v) is 3.94. The van der Waals surface area contributed by atoms with Crippen molar-refractivity contribution in [3.8, 4) is 0 Å². The number of hydrogen-bond acceptors (Lipinski definition) is 2. The maximum absolute atomic E-state index is 5.64. The topological polar surface area (TPSA) is 12.5 Å². The van der Waals surface area contributed by atoms with Gasteiger partial charge in [0.25, 0.3) is 0 Å². The van der Waals surface area contributed by atoms with Crippen LogP contribution in [-0.4, -0.2) is 42.6 Å². The van der Waals surface area contributed by atoms with Crippen molar-refractivity contribution in [2.24, 2.45) is 0 Å². The summed E-state index contributed by atoms with van der Waals surface area (Å²) < 4.78 is 5.62. The quantitative estimate of drug-likeness (QED) is 0.659. The molecular formula is C10H22ClNO. The van der Waals surface area contributed by atoms with Crippen LogP contribution >= 0.6 is 11.6 Å². The van der Waals surface area contributed by atoms with Crippen molar-refractivity contribution in [1.82, 2.24) is 4.90 Å². The van der Waals surface area contributed by atoms with E-state index >= 15 is 0 Å². The molecule has 2 nitrogen and oxygen atoms in total. The van der Waals surface area contributed by atoms with E-state index in [4.69, 9.17) is 16.3 Å². The molecule has 1 saturated heterocycles. The average Bonchev–Trinajstić information content (AvgIpc) is 1.99. The molecule has 1 heterocycles. The smallest absolute Gasteiger partial charge is 0.0678 e. The summed E-state index contributed by atoms with van der Waals surface area (Å²) in [6.07, 6.45) is 1.84. The van der Waals surface area contributed by atoms with Crippen LogP contribution in [0.15, 0.2) is 0 Å². The normalized spacial score (nSPS) is 29.8. The van der Waals surface area contributed by atoms with E-state index in [0.717, 1.165) is 31.9 Å². The Morgan fingerprint density at radius 3 is 2.31 bits per heavy atom. The third kappa shape index (κ3) is 4.84. The van der Waals surface area contributed by atoms with Gasteiger partial charge in [0.2, 0.25) is 0 Å². The van der Waals surface area contributed by atoms with Gasteiger partial charge in [-0.2, -0.15) is 0 Å². The number of alkyl halides is 1. The zero-order valence-electron chi connectivity index (χ0n) is 7.92. The molecular weight excluding hydrogens is 186 g/mol. The highest BCUT2D eigenvalue weighted by molar-refractivity contribution is 6.17. The SMILES string of the molecule is C.C[C@@H]1CN(CCCCl)C[C@H](C)O1. The molecule has 3 heteroatoms. The second kappa shape index (κ2) is 6.63. The van der Waals surface area contributed by atoms with Crippen LogP contribution in [0.25, 0.3) is 0 Å². The van der Waals surface area contributed by atoms with Crippen LogP contribution in [0.2, 0.25) is 0 Å². The molecule has 0 radical (unpaired) electrons. The number of hydrogen-bond donors (Lipinski definition) is 0.